The van der Waals surface area contributed by atoms with Gasteiger partial charge in [-0.3, -0.25) is 4.79 Å². The van der Waals surface area contributed by atoms with E-state index < -0.39 is 5.60 Å². The average molecular weight is 376 g/mol. The molecular formula is C19H15Cl2NO3. The Kier molecular flexibility index (Phi) is 3.97. The largest absolute Gasteiger partial charge is 0.496 e. The number of methoxy groups -OCH3 is 1. The molecule has 6 heteroatoms. The molecule has 1 aliphatic heterocycles. The van der Waals surface area contributed by atoms with Gasteiger partial charge in [-0.1, -0.05) is 46.6 Å². The van der Waals surface area contributed by atoms with Gasteiger partial charge in [-0.25, -0.2) is 0 Å². The smallest absolute Gasteiger partial charge is 0.210 e. The number of nitrogens with zero attached hydrogens (tertiary/aromatic N) is 1. The topological polar surface area (TPSA) is 47.9 Å². The van der Waals surface area contributed by atoms with Crippen LogP contribution in [0.25, 0.3) is 0 Å². The molecule has 0 fully saturated rings. The molecule has 0 saturated carbocycles. The summed E-state index contributed by atoms with van der Waals surface area (Å²) in [5, 5.41) is 5.16. The molecule has 1 unspecified atom stereocenters. The molecule has 2 aromatic rings. The first-order valence-corrected chi connectivity index (χ1v) is 8.71. The highest BCUT2D eigenvalue weighted by Crippen LogP contribution is 2.42. The van der Waals surface area contributed by atoms with Crippen molar-refractivity contribution in [2.45, 2.75) is 24.9 Å². The van der Waals surface area contributed by atoms with Crippen LogP contribution in [-0.2, 0) is 11.3 Å². The predicted octanol–water partition coefficient (Wildman–Crippen LogP) is 4.69. The Morgan fingerprint density at radius 2 is 1.88 bits per heavy atom. The van der Waals surface area contributed by atoms with Gasteiger partial charge in [0.15, 0.2) is 0 Å². The first kappa shape index (κ1) is 16.4. The Hall–Kier alpha value is -2.04. The summed E-state index contributed by atoms with van der Waals surface area (Å²) < 4.78 is 5.38. The molecule has 0 aromatic heterocycles. The molecule has 128 valence electrons. The van der Waals surface area contributed by atoms with Crippen molar-refractivity contribution in [2.24, 2.45) is 5.16 Å². The van der Waals surface area contributed by atoms with Crippen molar-refractivity contribution in [3.63, 3.8) is 0 Å². The highest BCUT2D eigenvalue weighted by Gasteiger charge is 2.50. The lowest BCUT2D eigenvalue weighted by Gasteiger charge is -2.31. The van der Waals surface area contributed by atoms with Crippen molar-refractivity contribution in [1.29, 1.82) is 0 Å². The molecule has 0 bridgehead atoms. The molecule has 25 heavy (non-hydrogen) atoms. The molecule has 1 heterocycles. The molecule has 4 nitrogen and oxygen atoms in total. The number of ketones is 1. The lowest BCUT2D eigenvalue weighted by molar-refractivity contribution is -0.0120. The molecule has 0 saturated heterocycles. The van der Waals surface area contributed by atoms with Crippen LogP contribution in [0.2, 0.25) is 10.0 Å². The van der Waals surface area contributed by atoms with Crippen LogP contribution in [0.15, 0.2) is 41.6 Å². The lowest BCUT2D eigenvalue weighted by Crippen LogP contribution is -2.43. The van der Waals surface area contributed by atoms with Crippen LogP contribution in [0.1, 0.15) is 34.3 Å². The van der Waals surface area contributed by atoms with Gasteiger partial charge in [0, 0.05) is 29.5 Å². The second-order valence-corrected chi connectivity index (χ2v) is 7.03. The Morgan fingerprint density at radius 3 is 2.60 bits per heavy atom. The highest BCUT2D eigenvalue weighted by molar-refractivity contribution is 6.40. The van der Waals surface area contributed by atoms with Crippen molar-refractivity contribution < 1.29 is 14.4 Å². The van der Waals surface area contributed by atoms with Gasteiger partial charge in [0.1, 0.15) is 5.75 Å². The van der Waals surface area contributed by atoms with Crippen LogP contribution in [0.5, 0.6) is 5.75 Å². The minimum absolute atomic E-state index is 0.0745. The van der Waals surface area contributed by atoms with Gasteiger partial charge in [0.2, 0.25) is 11.4 Å². The standard InChI is InChI=1S/C19H15Cl2NO3/c1-24-16-7-2-4-12-11(16)8-9-19(18(12)23)10-15(22-25-19)17-13(20)5-3-6-14(17)21/h2-7H,8-10H2,1H3. The maximum Gasteiger partial charge on any atom is 0.210 e. The van der Waals surface area contributed by atoms with Crippen molar-refractivity contribution >= 4 is 34.7 Å². The molecular weight excluding hydrogens is 361 g/mol. The number of fused-ring (bicyclic) bond motifs is 1. The van der Waals surface area contributed by atoms with Crippen LogP contribution >= 0.6 is 23.2 Å². The number of oxime groups is 1. The maximum atomic E-state index is 13.1. The SMILES string of the molecule is COc1cccc2c1CCC1(CC(c3c(Cl)cccc3Cl)=NO1)C2=O. The summed E-state index contributed by atoms with van der Waals surface area (Å²) >= 11 is 12.5. The zero-order valence-electron chi connectivity index (χ0n) is 13.5. The summed E-state index contributed by atoms with van der Waals surface area (Å²) in [4.78, 5) is 18.8. The van der Waals surface area contributed by atoms with Crippen LogP contribution in [-0.4, -0.2) is 24.2 Å². The number of carbonyl (C=O) groups excluding carboxylic acids is 1. The molecule has 0 amide bonds. The Morgan fingerprint density at radius 1 is 1.16 bits per heavy atom. The van der Waals surface area contributed by atoms with Crippen molar-refractivity contribution in [3.8, 4) is 5.75 Å². The van der Waals surface area contributed by atoms with E-state index in [2.05, 4.69) is 5.16 Å². The number of hydrogen-bond donors (Lipinski definition) is 0. The number of benzene rings is 2. The third-order valence-corrected chi connectivity index (χ3v) is 5.46. The fourth-order valence-electron chi connectivity index (χ4n) is 3.55. The number of rotatable bonds is 2. The molecule has 1 atom stereocenters. The predicted molar refractivity (Wildman–Crippen MR) is 97.1 cm³/mol. The molecule has 1 spiro atoms. The van der Waals surface area contributed by atoms with Crippen molar-refractivity contribution in [1.82, 2.24) is 0 Å². The summed E-state index contributed by atoms with van der Waals surface area (Å²) in [7, 11) is 1.61. The second-order valence-electron chi connectivity index (χ2n) is 6.21. The summed E-state index contributed by atoms with van der Waals surface area (Å²) in [5.74, 6) is 0.656. The molecule has 1 aliphatic carbocycles. The minimum atomic E-state index is -0.989. The summed E-state index contributed by atoms with van der Waals surface area (Å²) in [5.41, 5.74) is 1.81. The highest BCUT2D eigenvalue weighted by atomic mass is 35.5. The minimum Gasteiger partial charge on any atom is -0.496 e. The van der Waals surface area contributed by atoms with E-state index in [1.807, 2.05) is 18.2 Å². The molecule has 2 aromatic carbocycles. The van der Waals surface area contributed by atoms with Crippen molar-refractivity contribution in [3.05, 3.63) is 63.1 Å². The molecule has 0 N–H and O–H groups in total. The monoisotopic (exact) mass is 375 g/mol. The lowest BCUT2D eigenvalue weighted by atomic mass is 9.76. The van der Waals surface area contributed by atoms with E-state index in [-0.39, 0.29) is 5.78 Å². The Bertz CT molecular complexity index is 889. The maximum absolute atomic E-state index is 13.1. The van der Waals surface area contributed by atoms with Crippen LogP contribution < -0.4 is 4.74 Å². The van der Waals surface area contributed by atoms with E-state index in [9.17, 15) is 4.79 Å². The zero-order valence-corrected chi connectivity index (χ0v) is 15.0. The van der Waals surface area contributed by atoms with Crippen LogP contribution in [0.3, 0.4) is 0 Å². The van der Waals surface area contributed by atoms with E-state index in [4.69, 9.17) is 32.8 Å². The fraction of sp³-hybridized carbons (Fsp3) is 0.263. The van der Waals surface area contributed by atoms with E-state index in [1.54, 1.807) is 25.3 Å². The van der Waals surface area contributed by atoms with Gasteiger partial charge in [-0.2, -0.15) is 0 Å². The van der Waals surface area contributed by atoms with Gasteiger partial charge >= 0.3 is 0 Å². The third-order valence-electron chi connectivity index (χ3n) is 4.83. The third kappa shape index (κ3) is 2.52. The number of carbonyl (C=O) groups is 1. The van der Waals surface area contributed by atoms with Gasteiger partial charge in [0.25, 0.3) is 0 Å². The summed E-state index contributed by atoms with van der Waals surface area (Å²) in [6.07, 6.45) is 1.57. The first-order valence-electron chi connectivity index (χ1n) is 7.96. The Balaban J connectivity index is 1.69. The van der Waals surface area contributed by atoms with E-state index in [0.29, 0.717) is 46.1 Å². The summed E-state index contributed by atoms with van der Waals surface area (Å²) in [6, 6.07) is 10.8. The second kappa shape index (κ2) is 6.04. The Labute approximate surface area is 155 Å². The van der Waals surface area contributed by atoms with Gasteiger partial charge in [0.05, 0.1) is 22.9 Å². The quantitative estimate of drug-likeness (QED) is 0.764. The molecule has 0 radical (unpaired) electrons. The molecule has 2 aliphatic rings. The van der Waals surface area contributed by atoms with Crippen LogP contribution in [0, 0.1) is 0 Å². The number of ether oxygens (including phenoxy) is 1. The molecule has 4 rings (SSSR count). The number of Topliss-reactive ketones (excluding diaryl/α,β-unsaturated/α-hetero) is 1. The van der Waals surface area contributed by atoms with Gasteiger partial charge < -0.3 is 9.57 Å². The average Bonchev–Trinajstić information content (AvgIpc) is 3.03. The van der Waals surface area contributed by atoms with E-state index in [0.717, 1.165) is 11.3 Å². The first-order chi connectivity index (χ1) is 12.1. The van der Waals surface area contributed by atoms with Crippen LogP contribution in [0.4, 0.5) is 0 Å². The normalized spacial score (nSPS) is 21.7. The zero-order chi connectivity index (χ0) is 17.6. The summed E-state index contributed by atoms with van der Waals surface area (Å²) in [6.45, 7) is 0. The van der Waals surface area contributed by atoms with Gasteiger partial charge in [-0.05, 0) is 24.6 Å². The number of hydrogen-bond acceptors (Lipinski definition) is 4. The fourth-order valence-corrected chi connectivity index (χ4v) is 4.17. The van der Waals surface area contributed by atoms with E-state index >= 15 is 0 Å². The number of halogens is 2. The van der Waals surface area contributed by atoms with Crippen molar-refractivity contribution in [2.75, 3.05) is 7.11 Å². The van der Waals surface area contributed by atoms with E-state index in [1.165, 1.54) is 0 Å². The van der Waals surface area contributed by atoms with Gasteiger partial charge in [-0.15, -0.1) is 0 Å².